The zero-order valence-corrected chi connectivity index (χ0v) is 17.7. The molecule has 2 saturated heterocycles. The molecule has 0 bridgehead atoms. The Balaban J connectivity index is 1.41. The molecule has 4 unspecified atom stereocenters. The first-order valence-corrected chi connectivity index (χ1v) is 11.6. The van der Waals surface area contributed by atoms with Gasteiger partial charge in [0.05, 0.1) is 37.2 Å². The molecule has 0 aliphatic carbocycles. The molecule has 0 amide bonds. The number of hydrogen-bond acceptors (Lipinski definition) is 5. The Morgan fingerprint density at radius 3 is 2.14 bits per heavy atom. The van der Waals surface area contributed by atoms with Crippen LogP contribution < -0.4 is 0 Å². The lowest BCUT2D eigenvalue weighted by molar-refractivity contribution is -0.0532. The average Bonchev–Trinajstić information content (AvgIpc) is 3.09. The van der Waals surface area contributed by atoms with Crippen LogP contribution in [-0.2, 0) is 22.7 Å². The summed E-state index contributed by atoms with van der Waals surface area (Å²) in [6.07, 6.45) is 3.65. The fourth-order valence-corrected chi connectivity index (χ4v) is 5.71. The van der Waals surface area contributed by atoms with Crippen molar-refractivity contribution < 1.29 is 14.6 Å². The minimum Gasteiger partial charge on any atom is -0.381 e. The van der Waals surface area contributed by atoms with E-state index in [0.29, 0.717) is 19.8 Å². The van der Waals surface area contributed by atoms with Crippen molar-refractivity contribution in [2.75, 3.05) is 19.7 Å². The largest absolute Gasteiger partial charge is 0.381 e. The van der Waals surface area contributed by atoms with Crippen LogP contribution in [-0.4, -0.2) is 52.5 Å². The molecule has 4 nitrogen and oxygen atoms in total. The van der Waals surface area contributed by atoms with Gasteiger partial charge in [-0.05, 0) is 37.1 Å². The van der Waals surface area contributed by atoms with E-state index in [0.717, 1.165) is 13.1 Å². The van der Waals surface area contributed by atoms with Gasteiger partial charge in [0, 0.05) is 0 Å². The predicted octanol–water partition coefficient (Wildman–Crippen LogP) is 4.08. The van der Waals surface area contributed by atoms with E-state index in [1.54, 1.807) is 11.8 Å². The topological polar surface area (TPSA) is 41.9 Å². The number of likely N-dealkylation sites (tertiary alicyclic amines) is 1. The van der Waals surface area contributed by atoms with E-state index >= 15 is 0 Å². The Bertz CT molecular complexity index is 723. The van der Waals surface area contributed by atoms with Crippen molar-refractivity contribution in [2.45, 2.75) is 55.3 Å². The maximum atomic E-state index is 10.9. The molecule has 156 valence electrons. The van der Waals surface area contributed by atoms with Gasteiger partial charge >= 0.3 is 0 Å². The highest BCUT2D eigenvalue weighted by atomic mass is 32.2. The van der Waals surface area contributed by atoms with E-state index in [4.69, 9.17) is 9.47 Å². The molecule has 5 heteroatoms. The van der Waals surface area contributed by atoms with Crippen molar-refractivity contribution >= 4 is 11.8 Å². The molecule has 2 heterocycles. The van der Waals surface area contributed by atoms with E-state index in [2.05, 4.69) is 29.2 Å². The lowest BCUT2D eigenvalue weighted by Crippen LogP contribution is -2.51. The number of ether oxygens (including phenoxy) is 2. The van der Waals surface area contributed by atoms with E-state index < -0.39 is 5.44 Å². The maximum absolute atomic E-state index is 10.9. The van der Waals surface area contributed by atoms with Gasteiger partial charge in [0.2, 0.25) is 0 Å². The van der Waals surface area contributed by atoms with Crippen LogP contribution in [0.1, 0.15) is 30.4 Å². The minimum absolute atomic E-state index is 0.0364. The van der Waals surface area contributed by atoms with Crippen LogP contribution in [0.5, 0.6) is 0 Å². The summed E-state index contributed by atoms with van der Waals surface area (Å²) in [4.78, 5) is 2.44. The zero-order chi connectivity index (χ0) is 19.9. The Morgan fingerprint density at radius 2 is 1.48 bits per heavy atom. The molecule has 0 radical (unpaired) electrons. The Morgan fingerprint density at radius 1 is 0.862 bits per heavy atom. The number of aliphatic hydroxyl groups excluding tert-OH is 1. The Kier molecular flexibility index (Phi) is 7.63. The fourth-order valence-electron chi connectivity index (χ4n) is 4.30. The SMILES string of the molecule is OC1SC(COCc2ccccc2)C(OCc2ccccc2)C1N1CCCCC1. The van der Waals surface area contributed by atoms with Gasteiger partial charge < -0.3 is 14.6 Å². The second kappa shape index (κ2) is 10.6. The van der Waals surface area contributed by atoms with Crippen molar-refractivity contribution in [1.82, 2.24) is 4.90 Å². The van der Waals surface area contributed by atoms with E-state index in [-0.39, 0.29) is 17.4 Å². The number of nitrogens with zero attached hydrogens (tertiary/aromatic N) is 1. The monoisotopic (exact) mass is 413 g/mol. The van der Waals surface area contributed by atoms with Crippen molar-refractivity contribution in [1.29, 1.82) is 0 Å². The van der Waals surface area contributed by atoms with Gasteiger partial charge in [-0.25, -0.2) is 0 Å². The normalized spacial score (nSPS) is 27.9. The van der Waals surface area contributed by atoms with Crippen molar-refractivity contribution in [3.8, 4) is 0 Å². The standard InChI is InChI=1S/C24H31NO3S/c26-24-22(25-14-8-3-9-15-25)23(28-17-20-12-6-2-7-13-20)21(29-24)18-27-16-19-10-4-1-5-11-19/h1-2,4-7,10-13,21-24,26H,3,8-9,14-18H2. The lowest BCUT2D eigenvalue weighted by Gasteiger charge is -2.37. The highest BCUT2D eigenvalue weighted by Crippen LogP contribution is 2.39. The van der Waals surface area contributed by atoms with Gasteiger partial charge in [0.25, 0.3) is 0 Å². The van der Waals surface area contributed by atoms with Crippen LogP contribution in [0.2, 0.25) is 0 Å². The smallest absolute Gasteiger partial charge is 0.118 e. The summed E-state index contributed by atoms with van der Waals surface area (Å²) in [7, 11) is 0. The van der Waals surface area contributed by atoms with Gasteiger partial charge in [0.1, 0.15) is 5.44 Å². The molecule has 4 rings (SSSR count). The second-order valence-corrected chi connectivity index (χ2v) is 9.27. The molecule has 2 fully saturated rings. The first-order valence-electron chi connectivity index (χ1n) is 10.7. The van der Waals surface area contributed by atoms with Gasteiger partial charge in [0.15, 0.2) is 0 Å². The van der Waals surface area contributed by atoms with Crippen molar-refractivity contribution in [2.24, 2.45) is 0 Å². The summed E-state index contributed by atoms with van der Waals surface area (Å²) in [6, 6.07) is 20.6. The van der Waals surface area contributed by atoms with Crippen LogP contribution >= 0.6 is 11.8 Å². The van der Waals surface area contributed by atoms with Crippen molar-refractivity contribution in [3.63, 3.8) is 0 Å². The summed E-state index contributed by atoms with van der Waals surface area (Å²) in [5.41, 5.74) is 1.91. The molecule has 1 N–H and O–H groups in total. The maximum Gasteiger partial charge on any atom is 0.118 e. The van der Waals surface area contributed by atoms with E-state index in [1.165, 1.54) is 30.4 Å². The quantitative estimate of drug-likeness (QED) is 0.706. The number of hydrogen-bond donors (Lipinski definition) is 1. The lowest BCUT2D eigenvalue weighted by atomic mass is 10.0. The predicted molar refractivity (Wildman–Crippen MR) is 118 cm³/mol. The van der Waals surface area contributed by atoms with Crippen LogP contribution in [0.4, 0.5) is 0 Å². The molecule has 0 saturated carbocycles. The van der Waals surface area contributed by atoms with Gasteiger partial charge in [-0.3, -0.25) is 4.90 Å². The summed E-state index contributed by atoms with van der Waals surface area (Å²) in [5.74, 6) is 0. The molecule has 0 spiro atoms. The van der Waals surface area contributed by atoms with Crippen LogP contribution in [0, 0.1) is 0 Å². The number of thioether (sulfide) groups is 1. The van der Waals surface area contributed by atoms with E-state index in [9.17, 15) is 5.11 Å². The molecular formula is C24H31NO3S. The molecule has 29 heavy (non-hydrogen) atoms. The van der Waals surface area contributed by atoms with Gasteiger partial charge in [-0.2, -0.15) is 0 Å². The molecule has 2 aliphatic rings. The number of aliphatic hydroxyl groups is 1. The van der Waals surface area contributed by atoms with Crippen molar-refractivity contribution in [3.05, 3.63) is 71.8 Å². The summed E-state index contributed by atoms with van der Waals surface area (Å²) >= 11 is 1.61. The molecule has 2 aliphatic heterocycles. The third-order valence-electron chi connectivity index (χ3n) is 5.80. The zero-order valence-electron chi connectivity index (χ0n) is 16.9. The number of piperidine rings is 1. The highest BCUT2D eigenvalue weighted by molar-refractivity contribution is 8.00. The van der Waals surface area contributed by atoms with Crippen LogP contribution in [0.15, 0.2) is 60.7 Å². The molecule has 4 atom stereocenters. The third kappa shape index (κ3) is 5.62. The first kappa shape index (κ1) is 20.9. The Hall–Kier alpha value is -1.37. The van der Waals surface area contributed by atoms with Gasteiger partial charge in [-0.1, -0.05) is 67.1 Å². The molecular weight excluding hydrogens is 382 g/mol. The number of rotatable bonds is 8. The molecule has 2 aromatic carbocycles. The van der Waals surface area contributed by atoms with Gasteiger partial charge in [-0.15, -0.1) is 11.8 Å². The fraction of sp³-hybridized carbons (Fsp3) is 0.500. The summed E-state index contributed by atoms with van der Waals surface area (Å²) in [6.45, 7) is 3.84. The Labute approximate surface area is 178 Å². The average molecular weight is 414 g/mol. The van der Waals surface area contributed by atoms with Crippen LogP contribution in [0.3, 0.4) is 0 Å². The van der Waals surface area contributed by atoms with Crippen LogP contribution in [0.25, 0.3) is 0 Å². The van der Waals surface area contributed by atoms with E-state index in [1.807, 2.05) is 36.4 Å². The number of benzene rings is 2. The third-order valence-corrected chi connectivity index (χ3v) is 7.11. The summed E-state index contributed by atoms with van der Waals surface area (Å²) in [5, 5.41) is 11.0. The molecule has 0 aromatic heterocycles. The highest BCUT2D eigenvalue weighted by Gasteiger charge is 2.47. The summed E-state index contributed by atoms with van der Waals surface area (Å²) < 4.78 is 12.5. The minimum atomic E-state index is -0.431. The molecule has 2 aromatic rings. The first-order chi connectivity index (χ1) is 14.3. The second-order valence-electron chi connectivity index (χ2n) is 7.91.